The van der Waals surface area contributed by atoms with Gasteiger partial charge in [0.25, 0.3) is 5.56 Å². The maximum Gasteiger partial charge on any atom is 0.410 e. The first-order chi connectivity index (χ1) is 17.5. The SMILES string of the molecule is Cc1c(O)c(-c2ncc3c(=O)n(C4CC5CC4CN5C(=O)OC(C)(C)C)ccc3n2)cc2cn(C)nc12. The molecule has 1 saturated heterocycles. The van der Waals surface area contributed by atoms with Crippen molar-refractivity contribution in [2.75, 3.05) is 6.54 Å². The van der Waals surface area contributed by atoms with Crippen LogP contribution in [0.25, 0.3) is 33.2 Å². The molecule has 192 valence electrons. The predicted octanol–water partition coefficient (Wildman–Crippen LogP) is 3.93. The maximum absolute atomic E-state index is 13.5. The lowest BCUT2D eigenvalue weighted by molar-refractivity contribution is 0.0165. The third-order valence-corrected chi connectivity index (χ3v) is 7.53. The number of aromatic hydroxyl groups is 1. The molecular weight excluding hydrogens is 472 g/mol. The highest BCUT2D eigenvalue weighted by atomic mass is 16.6. The summed E-state index contributed by atoms with van der Waals surface area (Å²) in [5.74, 6) is 0.623. The second-order valence-corrected chi connectivity index (χ2v) is 11.2. The third-order valence-electron chi connectivity index (χ3n) is 7.53. The second-order valence-electron chi connectivity index (χ2n) is 11.2. The molecule has 10 heteroatoms. The Kier molecular flexibility index (Phi) is 5.09. The van der Waals surface area contributed by atoms with E-state index in [1.807, 2.05) is 53.1 Å². The Morgan fingerprint density at radius 3 is 2.73 bits per heavy atom. The first kappa shape index (κ1) is 23.4. The number of piperidine rings is 1. The summed E-state index contributed by atoms with van der Waals surface area (Å²) in [6.07, 6.45) is 6.50. The van der Waals surface area contributed by atoms with Gasteiger partial charge in [-0.25, -0.2) is 14.8 Å². The van der Waals surface area contributed by atoms with Gasteiger partial charge in [0.15, 0.2) is 5.82 Å². The third kappa shape index (κ3) is 3.82. The van der Waals surface area contributed by atoms with Crippen molar-refractivity contribution in [2.45, 2.75) is 58.2 Å². The van der Waals surface area contributed by atoms with Crippen LogP contribution in [0.3, 0.4) is 0 Å². The van der Waals surface area contributed by atoms with Crippen molar-refractivity contribution in [2.24, 2.45) is 13.0 Å². The van der Waals surface area contributed by atoms with E-state index in [2.05, 4.69) is 15.1 Å². The number of pyridine rings is 1. The number of phenols is 1. The summed E-state index contributed by atoms with van der Waals surface area (Å²) in [5.41, 5.74) is 1.72. The molecule has 1 N–H and O–H groups in total. The van der Waals surface area contributed by atoms with E-state index in [4.69, 9.17) is 4.74 Å². The van der Waals surface area contributed by atoms with Gasteiger partial charge in [-0.05, 0) is 58.6 Å². The van der Waals surface area contributed by atoms with E-state index in [0.717, 1.165) is 17.3 Å². The van der Waals surface area contributed by atoms with Crippen LogP contribution in [0, 0.1) is 12.8 Å². The summed E-state index contributed by atoms with van der Waals surface area (Å²) in [7, 11) is 1.83. The lowest BCUT2D eigenvalue weighted by Crippen LogP contribution is -2.44. The molecular formula is C27H30N6O4. The zero-order valence-electron chi connectivity index (χ0n) is 21.6. The van der Waals surface area contributed by atoms with E-state index >= 15 is 0 Å². The molecule has 10 nitrogen and oxygen atoms in total. The van der Waals surface area contributed by atoms with Gasteiger partial charge in [-0.15, -0.1) is 0 Å². The van der Waals surface area contributed by atoms with Crippen LogP contribution < -0.4 is 5.56 Å². The summed E-state index contributed by atoms with van der Waals surface area (Å²) >= 11 is 0. The fourth-order valence-electron chi connectivity index (χ4n) is 5.86. The van der Waals surface area contributed by atoms with E-state index in [-0.39, 0.29) is 35.4 Å². The van der Waals surface area contributed by atoms with Crippen molar-refractivity contribution in [3.8, 4) is 17.1 Å². The minimum atomic E-state index is -0.536. The smallest absolute Gasteiger partial charge is 0.410 e. The number of hydrogen-bond donors (Lipinski definition) is 1. The summed E-state index contributed by atoms with van der Waals surface area (Å²) in [6, 6.07) is 3.73. The fraction of sp³-hybridized carbons (Fsp3) is 0.444. The number of phenolic OH excluding ortho intramolecular Hbond substituents is 1. The number of fused-ring (bicyclic) bond motifs is 4. The van der Waals surface area contributed by atoms with Gasteiger partial charge >= 0.3 is 6.09 Å². The number of nitrogens with zero attached hydrogens (tertiary/aromatic N) is 6. The molecule has 3 aromatic heterocycles. The zero-order valence-corrected chi connectivity index (χ0v) is 21.6. The van der Waals surface area contributed by atoms with Crippen molar-refractivity contribution in [3.63, 3.8) is 0 Å². The highest BCUT2D eigenvalue weighted by molar-refractivity contribution is 5.90. The number of aryl methyl sites for hydroxylation is 2. The van der Waals surface area contributed by atoms with Gasteiger partial charge in [0, 0.05) is 55.2 Å². The summed E-state index contributed by atoms with van der Waals surface area (Å²) < 4.78 is 9.04. The molecule has 1 saturated carbocycles. The van der Waals surface area contributed by atoms with Crippen LogP contribution in [0.2, 0.25) is 0 Å². The molecule has 2 fully saturated rings. The Morgan fingerprint density at radius 1 is 1.24 bits per heavy atom. The topological polar surface area (TPSA) is 115 Å². The zero-order chi connectivity index (χ0) is 26.2. The normalized spacial score (nSPS) is 21.3. The van der Waals surface area contributed by atoms with Crippen molar-refractivity contribution in [1.29, 1.82) is 0 Å². The first-order valence-electron chi connectivity index (χ1n) is 12.5. The van der Waals surface area contributed by atoms with Gasteiger partial charge in [0.05, 0.1) is 22.0 Å². The summed E-state index contributed by atoms with van der Waals surface area (Å²) in [6.45, 7) is 7.99. The lowest BCUT2D eigenvalue weighted by atomic mass is 10.0. The molecule has 2 aliphatic rings. The Morgan fingerprint density at radius 2 is 2.03 bits per heavy atom. The highest BCUT2D eigenvalue weighted by Crippen LogP contribution is 2.45. The average molecular weight is 503 g/mol. The Bertz CT molecular complexity index is 1630. The van der Waals surface area contributed by atoms with E-state index in [1.54, 1.807) is 26.5 Å². The molecule has 3 unspecified atom stereocenters. The fourth-order valence-corrected chi connectivity index (χ4v) is 5.86. The van der Waals surface area contributed by atoms with Crippen LogP contribution in [-0.4, -0.2) is 58.6 Å². The summed E-state index contributed by atoms with van der Waals surface area (Å²) in [5, 5.41) is 16.5. The Labute approximate surface area is 213 Å². The number of aromatic nitrogens is 5. The number of rotatable bonds is 2. The largest absolute Gasteiger partial charge is 0.507 e. The maximum atomic E-state index is 13.5. The van der Waals surface area contributed by atoms with E-state index in [9.17, 15) is 14.7 Å². The van der Waals surface area contributed by atoms with Crippen LogP contribution in [0.5, 0.6) is 5.75 Å². The molecule has 1 aliphatic heterocycles. The van der Waals surface area contributed by atoms with Crippen molar-refractivity contribution < 1.29 is 14.6 Å². The van der Waals surface area contributed by atoms with Gasteiger partial charge < -0.3 is 19.3 Å². The van der Waals surface area contributed by atoms with E-state index in [0.29, 0.717) is 40.8 Å². The molecule has 2 bridgehead atoms. The molecule has 1 amide bonds. The number of carbonyl (C=O) groups excluding carboxylic acids is 1. The molecule has 3 atom stereocenters. The molecule has 4 aromatic rings. The number of benzene rings is 1. The van der Waals surface area contributed by atoms with E-state index in [1.165, 1.54) is 0 Å². The Hall–Kier alpha value is -3.95. The number of ether oxygens (including phenoxy) is 1. The molecule has 4 heterocycles. The second kappa shape index (κ2) is 8.03. The minimum absolute atomic E-state index is 0.0138. The van der Waals surface area contributed by atoms with Crippen LogP contribution in [0.1, 0.15) is 45.2 Å². The molecule has 0 radical (unpaired) electrons. The standard InChI is InChI=1S/C27H30N6O4/c1-14-22-16(12-31(5)30-22)9-18(23(14)34)24-28-11-19-20(29-24)6-7-32(25(19)35)21-10-17-8-15(21)13-33(17)26(36)37-27(2,3)4/h6-7,9,11-12,15,17,21,34H,8,10,13H2,1-5H3. The average Bonchev–Trinajstić information content (AvgIpc) is 3.54. The van der Waals surface area contributed by atoms with Gasteiger partial charge in [-0.1, -0.05) is 0 Å². The number of hydrogen-bond acceptors (Lipinski definition) is 7. The minimum Gasteiger partial charge on any atom is -0.507 e. The quantitative estimate of drug-likeness (QED) is 0.442. The van der Waals surface area contributed by atoms with Gasteiger partial charge in [0.2, 0.25) is 0 Å². The van der Waals surface area contributed by atoms with Gasteiger partial charge in [-0.3, -0.25) is 9.48 Å². The molecule has 37 heavy (non-hydrogen) atoms. The van der Waals surface area contributed by atoms with Crippen LogP contribution in [0.15, 0.2) is 35.5 Å². The van der Waals surface area contributed by atoms with Crippen molar-refractivity contribution >= 4 is 27.9 Å². The van der Waals surface area contributed by atoms with E-state index < -0.39 is 5.60 Å². The predicted molar refractivity (Wildman–Crippen MR) is 138 cm³/mol. The van der Waals surface area contributed by atoms with Gasteiger partial charge in [-0.2, -0.15) is 5.10 Å². The summed E-state index contributed by atoms with van der Waals surface area (Å²) in [4.78, 5) is 36.9. The van der Waals surface area contributed by atoms with Gasteiger partial charge in [0.1, 0.15) is 11.4 Å². The number of carbonyl (C=O) groups is 1. The molecule has 1 aromatic carbocycles. The number of amides is 1. The molecule has 6 rings (SSSR count). The monoisotopic (exact) mass is 502 g/mol. The first-order valence-corrected chi connectivity index (χ1v) is 12.5. The molecule has 0 spiro atoms. The van der Waals surface area contributed by atoms with Crippen molar-refractivity contribution in [1.82, 2.24) is 29.2 Å². The van der Waals surface area contributed by atoms with Crippen LogP contribution in [0.4, 0.5) is 4.79 Å². The molecule has 1 aliphatic carbocycles. The van der Waals surface area contributed by atoms with Crippen molar-refractivity contribution in [3.05, 3.63) is 46.6 Å². The lowest BCUT2D eigenvalue weighted by Gasteiger charge is -2.33. The Balaban J connectivity index is 1.30. The highest BCUT2D eigenvalue weighted by Gasteiger charge is 2.48. The van der Waals surface area contributed by atoms with Crippen LogP contribution >= 0.6 is 0 Å². The van der Waals surface area contributed by atoms with Crippen LogP contribution in [-0.2, 0) is 11.8 Å². The number of likely N-dealkylation sites (tertiary alicyclic amines) is 1.